The topological polar surface area (TPSA) is 35.2 Å². The van der Waals surface area contributed by atoms with Gasteiger partial charge in [0.05, 0.1) is 6.61 Å². The van der Waals surface area contributed by atoms with Crippen LogP contribution in [0, 0.1) is 11.2 Å². The molecule has 0 bridgehead atoms. The number of anilines is 1. The van der Waals surface area contributed by atoms with Crippen molar-refractivity contribution in [1.82, 2.24) is 0 Å². The number of benzene rings is 1. The number of ether oxygens (including phenoxy) is 1. The number of hydrogen-bond donors (Lipinski definition) is 1. The third kappa shape index (κ3) is 4.62. The van der Waals surface area contributed by atoms with Crippen LogP contribution in [-0.2, 0) is 11.3 Å². The van der Waals surface area contributed by atoms with Crippen molar-refractivity contribution in [2.24, 2.45) is 5.41 Å². The summed E-state index contributed by atoms with van der Waals surface area (Å²) in [5.41, 5.74) is 6.71. The van der Waals surface area contributed by atoms with E-state index in [0.29, 0.717) is 24.5 Å². The first-order valence-corrected chi connectivity index (χ1v) is 5.50. The van der Waals surface area contributed by atoms with Crippen LogP contribution in [0.3, 0.4) is 0 Å². The van der Waals surface area contributed by atoms with Gasteiger partial charge in [-0.2, -0.15) is 0 Å². The molecule has 0 aliphatic carbocycles. The molecule has 1 aromatic rings. The lowest BCUT2D eigenvalue weighted by atomic mass is 9.93. The van der Waals surface area contributed by atoms with E-state index in [1.165, 1.54) is 6.07 Å². The summed E-state index contributed by atoms with van der Waals surface area (Å²) in [7, 11) is 0. The lowest BCUT2D eigenvalue weighted by Gasteiger charge is -2.17. The van der Waals surface area contributed by atoms with Crippen LogP contribution < -0.4 is 5.73 Å². The molecule has 0 radical (unpaired) electrons. The zero-order chi connectivity index (χ0) is 12.2. The third-order valence-electron chi connectivity index (χ3n) is 2.33. The molecule has 0 aliphatic heterocycles. The molecule has 0 saturated heterocycles. The minimum absolute atomic E-state index is 0.250. The minimum atomic E-state index is -0.296. The van der Waals surface area contributed by atoms with Crippen LogP contribution in [0.15, 0.2) is 18.2 Å². The van der Waals surface area contributed by atoms with E-state index in [1.807, 2.05) is 0 Å². The molecule has 1 aromatic carbocycles. The Hall–Kier alpha value is -1.09. The van der Waals surface area contributed by atoms with Gasteiger partial charge >= 0.3 is 0 Å². The second kappa shape index (κ2) is 5.30. The molecule has 0 aliphatic rings. The summed E-state index contributed by atoms with van der Waals surface area (Å²) in [4.78, 5) is 0. The fourth-order valence-corrected chi connectivity index (χ4v) is 1.24. The molecule has 0 heterocycles. The van der Waals surface area contributed by atoms with Crippen molar-refractivity contribution in [3.05, 3.63) is 29.6 Å². The first-order chi connectivity index (χ1) is 7.38. The highest BCUT2D eigenvalue weighted by atomic mass is 19.1. The molecule has 90 valence electrons. The predicted octanol–water partition coefficient (Wildman–Crippen LogP) is 3.36. The highest BCUT2D eigenvalue weighted by Crippen LogP contribution is 2.19. The van der Waals surface area contributed by atoms with Crippen LogP contribution in [0.1, 0.15) is 32.8 Å². The second-order valence-corrected chi connectivity index (χ2v) is 5.21. The molecular weight excluding hydrogens is 205 g/mol. The fraction of sp³-hybridized carbons (Fsp3) is 0.538. The Morgan fingerprint density at radius 1 is 1.31 bits per heavy atom. The molecule has 0 amide bonds. The molecule has 0 spiro atoms. The van der Waals surface area contributed by atoms with Gasteiger partial charge in [-0.1, -0.05) is 26.8 Å². The molecule has 0 fully saturated rings. The Bertz CT molecular complexity index is 344. The SMILES string of the molecule is CC(C)(C)CCOCc1ccc(N)cc1F. The van der Waals surface area contributed by atoms with Gasteiger partial charge in [0, 0.05) is 17.9 Å². The summed E-state index contributed by atoms with van der Waals surface area (Å²) in [6, 6.07) is 4.68. The van der Waals surface area contributed by atoms with E-state index in [9.17, 15) is 4.39 Å². The average molecular weight is 225 g/mol. The normalized spacial score (nSPS) is 11.8. The Morgan fingerprint density at radius 2 is 2.00 bits per heavy atom. The highest BCUT2D eigenvalue weighted by molar-refractivity contribution is 5.40. The van der Waals surface area contributed by atoms with Gasteiger partial charge < -0.3 is 10.5 Å². The quantitative estimate of drug-likeness (QED) is 0.630. The minimum Gasteiger partial charge on any atom is -0.399 e. The highest BCUT2D eigenvalue weighted by Gasteiger charge is 2.09. The number of rotatable bonds is 4. The van der Waals surface area contributed by atoms with E-state index in [0.717, 1.165) is 6.42 Å². The van der Waals surface area contributed by atoms with Crippen molar-refractivity contribution in [1.29, 1.82) is 0 Å². The van der Waals surface area contributed by atoms with E-state index >= 15 is 0 Å². The maximum absolute atomic E-state index is 13.4. The smallest absolute Gasteiger partial charge is 0.130 e. The van der Waals surface area contributed by atoms with Gasteiger partial charge in [-0.25, -0.2) is 4.39 Å². The Balaban J connectivity index is 2.38. The maximum Gasteiger partial charge on any atom is 0.130 e. The van der Waals surface area contributed by atoms with E-state index in [-0.39, 0.29) is 11.2 Å². The number of nitrogen functional groups attached to an aromatic ring is 1. The lowest BCUT2D eigenvalue weighted by molar-refractivity contribution is 0.0943. The largest absolute Gasteiger partial charge is 0.399 e. The number of hydrogen-bond acceptors (Lipinski definition) is 2. The van der Waals surface area contributed by atoms with E-state index in [4.69, 9.17) is 10.5 Å². The van der Waals surface area contributed by atoms with Crippen molar-refractivity contribution < 1.29 is 9.13 Å². The van der Waals surface area contributed by atoms with Crippen molar-refractivity contribution in [3.8, 4) is 0 Å². The monoisotopic (exact) mass is 225 g/mol. The van der Waals surface area contributed by atoms with Gasteiger partial charge in [0.1, 0.15) is 5.82 Å². The lowest BCUT2D eigenvalue weighted by Crippen LogP contribution is -2.09. The molecule has 1 rings (SSSR count). The fourth-order valence-electron chi connectivity index (χ4n) is 1.24. The average Bonchev–Trinajstić information content (AvgIpc) is 2.13. The summed E-state index contributed by atoms with van der Waals surface area (Å²) >= 11 is 0. The van der Waals surface area contributed by atoms with Crippen LogP contribution in [0.25, 0.3) is 0 Å². The number of halogens is 1. The third-order valence-corrected chi connectivity index (χ3v) is 2.33. The standard InChI is InChI=1S/C13H20FNO/c1-13(2,3)6-7-16-9-10-4-5-11(15)8-12(10)14/h4-5,8H,6-7,9,15H2,1-3H3. The van der Waals surface area contributed by atoms with Crippen molar-refractivity contribution in [3.63, 3.8) is 0 Å². The van der Waals surface area contributed by atoms with Crippen LogP contribution in [-0.4, -0.2) is 6.61 Å². The molecule has 16 heavy (non-hydrogen) atoms. The Morgan fingerprint density at radius 3 is 2.56 bits per heavy atom. The van der Waals surface area contributed by atoms with E-state index < -0.39 is 0 Å². The van der Waals surface area contributed by atoms with Crippen LogP contribution in [0.4, 0.5) is 10.1 Å². The summed E-state index contributed by atoms with van der Waals surface area (Å²) in [6.45, 7) is 7.41. The molecule has 0 saturated carbocycles. The molecule has 0 aromatic heterocycles. The van der Waals surface area contributed by atoms with Crippen LogP contribution in [0.2, 0.25) is 0 Å². The Labute approximate surface area is 96.6 Å². The van der Waals surface area contributed by atoms with Gasteiger partial charge in [0.2, 0.25) is 0 Å². The zero-order valence-corrected chi connectivity index (χ0v) is 10.2. The van der Waals surface area contributed by atoms with Crippen molar-refractivity contribution >= 4 is 5.69 Å². The summed E-state index contributed by atoms with van der Waals surface area (Å²) in [6.07, 6.45) is 0.962. The molecule has 0 unspecified atom stereocenters. The first-order valence-electron chi connectivity index (χ1n) is 5.50. The summed E-state index contributed by atoms with van der Waals surface area (Å²) < 4.78 is 18.8. The van der Waals surface area contributed by atoms with Gasteiger partial charge in [-0.15, -0.1) is 0 Å². The number of nitrogens with two attached hydrogens (primary N) is 1. The second-order valence-electron chi connectivity index (χ2n) is 5.21. The summed E-state index contributed by atoms with van der Waals surface area (Å²) in [5, 5.41) is 0. The Kier molecular flexibility index (Phi) is 4.30. The van der Waals surface area contributed by atoms with Crippen molar-refractivity contribution in [2.45, 2.75) is 33.8 Å². The van der Waals surface area contributed by atoms with Gasteiger partial charge in [0.15, 0.2) is 0 Å². The van der Waals surface area contributed by atoms with Gasteiger partial charge in [0.25, 0.3) is 0 Å². The van der Waals surface area contributed by atoms with Gasteiger partial charge in [-0.05, 0) is 24.0 Å². The first kappa shape index (κ1) is 13.0. The molecule has 2 N–H and O–H groups in total. The van der Waals surface area contributed by atoms with Crippen LogP contribution in [0.5, 0.6) is 0 Å². The summed E-state index contributed by atoms with van der Waals surface area (Å²) in [5.74, 6) is -0.296. The predicted molar refractivity (Wildman–Crippen MR) is 64.5 cm³/mol. The van der Waals surface area contributed by atoms with Gasteiger partial charge in [-0.3, -0.25) is 0 Å². The van der Waals surface area contributed by atoms with Crippen LogP contribution >= 0.6 is 0 Å². The molecule has 2 nitrogen and oxygen atoms in total. The molecular formula is C13H20FNO. The van der Waals surface area contributed by atoms with Crippen molar-refractivity contribution in [2.75, 3.05) is 12.3 Å². The molecule has 0 atom stereocenters. The van der Waals surface area contributed by atoms with E-state index in [2.05, 4.69) is 20.8 Å². The molecule has 3 heteroatoms. The van der Waals surface area contributed by atoms with E-state index in [1.54, 1.807) is 12.1 Å². The zero-order valence-electron chi connectivity index (χ0n) is 10.2. The maximum atomic E-state index is 13.4.